The minimum atomic E-state index is -4.75. The molecule has 38 heavy (non-hydrogen) atoms. The number of nitrogens with one attached hydrogen (secondary N) is 1. The van der Waals surface area contributed by atoms with Crippen LogP contribution in [-0.2, 0) is 35.3 Å². The number of carbonyl (C=O) groups is 2. The number of nitrogens with two attached hydrogens (primary N) is 1. The van der Waals surface area contributed by atoms with Crippen molar-refractivity contribution in [3.63, 3.8) is 0 Å². The Hall–Kier alpha value is -3.94. The molecule has 14 heteroatoms. The van der Waals surface area contributed by atoms with Crippen molar-refractivity contribution in [3.05, 3.63) is 65.0 Å². The number of carbonyl (C=O) groups excluding carboxylic acids is 2. The summed E-state index contributed by atoms with van der Waals surface area (Å²) < 4.78 is 82.7. The summed E-state index contributed by atoms with van der Waals surface area (Å²) in [5, 5.41) is 2.46. The van der Waals surface area contributed by atoms with Crippen molar-refractivity contribution in [2.24, 2.45) is 5.73 Å². The van der Waals surface area contributed by atoms with E-state index in [0.717, 1.165) is 4.57 Å². The molecule has 2 aromatic heterocycles. The summed E-state index contributed by atoms with van der Waals surface area (Å²) in [7, 11) is 0. The summed E-state index contributed by atoms with van der Waals surface area (Å²) in [6, 6.07) is 2.98. The molecule has 0 aliphatic carbocycles. The van der Waals surface area contributed by atoms with Gasteiger partial charge < -0.3 is 20.5 Å². The van der Waals surface area contributed by atoms with Crippen molar-refractivity contribution < 1.29 is 35.9 Å². The molecule has 8 nitrogen and oxygen atoms in total. The lowest BCUT2D eigenvalue weighted by atomic mass is 10.0. The molecule has 202 valence electrons. The van der Waals surface area contributed by atoms with Gasteiger partial charge in [0.05, 0.1) is 17.9 Å². The quantitative estimate of drug-likeness (QED) is 0.367. The number of benzene rings is 1. The van der Waals surface area contributed by atoms with Crippen LogP contribution in [0, 0.1) is 17.5 Å². The van der Waals surface area contributed by atoms with Crippen LogP contribution in [0.2, 0.25) is 0 Å². The Balaban J connectivity index is 1.54. The second kappa shape index (κ2) is 10.4. The fraction of sp³-hybridized carbons (Fsp3) is 0.333. The number of alkyl halides is 3. The number of rotatable bonds is 6. The first kappa shape index (κ1) is 27.1. The van der Waals surface area contributed by atoms with E-state index in [0.29, 0.717) is 12.1 Å². The highest BCUT2D eigenvalue weighted by atomic mass is 19.4. The van der Waals surface area contributed by atoms with Crippen molar-refractivity contribution in [3.8, 4) is 11.3 Å². The monoisotopic (exact) mass is 540 g/mol. The molecule has 0 saturated carbocycles. The number of hydrogen-bond acceptors (Lipinski definition) is 5. The third kappa shape index (κ3) is 5.79. The Morgan fingerprint density at radius 2 is 1.82 bits per heavy atom. The summed E-state index contributed by atoms with van der Waals surface area (Å²) in [6.07, 6.45) is -4.04. The number of imidazole rings is 1. The molecule has 1 aromatic carbocycles. The molecule has 0 unspecified atom stereocenters. The van der Waals surface area contributed by atoms with E-state index in [4.69, 9.17) is 5.73 Å². The number of fused-ring (bicyclic) bond motifs is 1. The Morgan fingerprint density at radius 3 is 2.45 bits per heavy atom. The third-order valence-electron chi connectivity index (χ3n) is 5.96. The fourth-order valence-electron chi connectivity index (χ4n) is 4.25. The average molecular weight is 540 g/mol. The van der Waals surface area contributed by atoms with Gasteiger partial charge in [-0.2, -0.15) is 13.2 Å². The van der Waals surface area contributed by atoms with Crippen molar-refractivity contribution in [2.75, 3.05) is 11.9 Å². The SMILES string of the molecule is CC(=O)Nc1ccc(-c2nc(C(F)(F)F)n3c2CN(C(=O)C[C@H](N)Cc2cc(F)c(F)cc2F)CC3)cn1. The molecule has 1 atom stereocenters. The molecule has 0 saturated heterocycles. The number of amides is 2. The smallest absolute Gasteiger partial charge is 0.335 e. The largest absolute Gasteiger partial charge is 0.449 e. The lowest BCUT2D eigenvalue weighted by Gasteiger charge is -2.30. The van der Waals surface area contributed by atoms with Gasteiger partial charge in [-0.1, -0.05) is 0 Å². The number of halogens is 6. The van der Waals surface area contributed by atoms with Crippen LogP contribution in [0.3, 0.4) is 0 Å². The van der Waals surface area contributed by atoms with Crippen LogP contribution in [0.1, 0.15) is 30.4 Å². The zero-order valence-electron chi connectivity index (χ0n) is 20.0. The number of hydrogen-bond donors (Lipinski definition) is 2. The zero-order valence-corrected chi connectivity index (χ0v) is 20.0. The highest BCUT2D eigenvalue weighted by Crippen LogP contribution is 2.36. The maximum Gasteiger partial charge on any atom is 0.449 e. The molecule has 2 amide bonds. The lowest BCUT2D eigenvalue weighted by Crippen LogP contribution is -2.42. The van der Waals surface area contributed by atoms with Gasteiger partial charge in [-0.25, -0.2) is 23.1 Å². The van der Waals surface area contributed by atoms with E-state index in [2.05, 4.69) is 15.3 Å². The molecule has 0 spiro atoms. The molecule has 0 bridgehead atoms. The number of anilines is 1. The first-order chi connectivity index (χ1) is 17.8. The van der Waals surface area contributed by atoms with E-state index >= 15 is 0 Å². The molecular weight excluding hydrogens is 518 g/mol. The van der Waals surface area contributed by atoms with E-state index in [9.17, 15) is 35.9 Å². The molecule has 3 heterocycles. The van der Waals surface area contributed by atoms with E-state index in [1.54, 1.807) is 0 Å². The highest BCUT2D eigenvalue weighted by Gasteiger charge is 2.41. The Labute approximate surface area is 212 Å². The van der Waals surface area contributed by atoms with Crippen molar-refractivity contribution in [2.45, 2.75) is 45.1 Å². The summed E-state index contributed by atoms with van der Waals surface area (Å²) in [6.45, 7) is 0.823. The molecule has 0 fully saturated rings. The minimum Gasteiger partial charge on any atom is -0.335 e. The number of aromatic nitrogens is 3. The molecule has 1 aliphatic heterocycles. The van der Waals surface area contributed by atoms with Crippen LogP contribution in [-0.4, -0.2) is 43.8 Å². The fourth-order valence-corrected chi connectivity index (χ4v) is 4.25. The summed E-state index contributed by atoms with van der Waals surface area (Å²) in [4.78, 5) is 33.3. The summed E-state index contributed by atoms with van der Waals surface area (Å²) in [5.74, 6) is -5.40. The summed E-state index contributed by atoms with van der Waals surface area (Å²) in [5.41, 5.74) is 6.12. The van der Waals surface area contributed by atoms with Crippen LogP contribution in [0.25, 0.3) is 11.3 Å². The average Bonchev–Trinajstić information content (AvgIpc) is 3.22. The summed E-state index contributed by atoms with van der Waals surface area (Å²) >= 11 is 0. The highest BCUT2D eigenvalue weighted by molar-refractivity contribution is 5.87. The number of nitrogens with zero attached hydrogens (tertiary/aromatic N) is 4. The normalized spacial score (nSPS) is 14.3. The van der Waals surface area contributed by atoms with E-state index in [-0.39, 0.29) is 66.7 Å². The van der Waals surface area contributed by atoms with E-state index < -0.39 is 41.4 Å². The Kier molecular flexibility index (Phi) is 7.44. The second-order valence-corrected chi connectivity index (χ2v) is 8.83. The van der Waals surface area contributed by atoms with Crippen LogP contribution >= 0.6 is 0 Å². The van der Waals surface area contributed by atoms with Gasteiger partial charge in [0.1, 0.15) is 11.6 Å². The Morgan fingerprint density at radius 1 is 1.11 bits per heavy atom. The molecule has 3 aromatic rings. The predicted molar refractivity (Wildman–Crippen MR) is 123 cm³/mol. The van der Waals surface area contributed by atoms with Gasteiger partial charge in [-0.05, 0) is 30.2 Å². The first-order valence-electron chi connectivity index (χ1n) is 11.4. The van der Waals surface area contributed by atoms with Crippen molar-refractivity contribution in [1.82, 2.24) is 19.4 Å². The van der Waals surface area contributed by atoms with Gasteiger partial charge in [0.15, 0.2) is 11.6 Å². The van der Waals surface area contributed by atoms with Gasteiger partial charge >= 0.3 is 6.18 Å². The van der Waals surface area contributed by atoms with E-state index in [1.165, 1.54) is 30.2 Å². The van der Waals surface area contributed by atoms with E-state index in [1.807, 2.05) is 0 Å². The molecular formula is C24H22F6N6O2. The Bertz CT molecular complexity index is 1370. The van der Waals surface area contributed by atoms with Gasteiger partial charge in [0.25, 0.3) is 0 Å². The second-order valence-electron chi connectivity index (χ2n) is 8.83. The number of pyridine rings is 1. The minimum absolute atomic E-state index is 0.0233. The van der Waals surface area contributed by atoms with Gasteiger partial charge in [0, 0.05) is 50.3 Å². The van der Waals surface area contributed by atoms with Gasteiger partial charge in [-0.3, -0.25) is 9.59 Å². The molecule has 4 rings (SSSR count). The van der Waals surface area contributed by atoms with Crippen molar-refractivity contribution in [1.29, 1.82) is 0 Å². The van der Waals surface area contributed by atoms with Crippen molar-refractivity contribution >= 4 is 17.6 Å². The standard InChI is InChI=1S/C24H22F6N6O2/c1-12(37)33-20-3-2-13(10-32-20)22-19-11-35(4-5-36(19)23(34-22)24(28,29)30)21(38)8-15(31)6-14-7-17(26)18(27)9-16(14)25/h2-3,7,9-10,15H,4-6,8,11,31H2,1H3,(H,32,33,37)/t15-/m1/s1. The van der Waals surface area contributed by atoms with Crippen LogP contribution in [0.4, 0.5) is 32.2 Å². The van der Waals surface area contributed by atoms with Crippen LogP contribution in [0.15, 0.2) is 30.5 Å². The third-order valence-corrected chi connectivity index (χ3v) is 5.96. The van der Waals surface area contributed by atoms with Gasteiger partial charge in [0.2, 0.25) is 17.6 Å². The molecule has 0 radical (unpaired) electrons. The van der Waals surface area contributed by atoms with Crippen LogP contribution in [0.5, 0.6) is 0 Å². The molecule has 1 aliphatic rings. The van der Waals surface area contributed by atoms with Gasteiger partial charge in [-0.15, -0.1) is 0 Å². The lowest BCUT2D eigenvalue weighted by molar-refractivity contribution is -0.148. The molecule has 3 N–H and O–H groups in total. The first-order valence-corrected chi connectivity index (χ1v) is 11.4. The topological polar surface area (TPSA) is 106 Å². The maximum atomic E-state index is 14.0. The maximum absolute atomic E-state index is 14.0. The van der Waals surface area contributed by atoms with Crippen LogP contribution < -0.4 is 11.1 Å². The predicted octanol–water partition coefficient (Wildman–Crippen LogP) is 3.64. The zero-order chi connectivity index (χ0) is 27.8.